The van der Waals surface area contributed by atoms with E-state index in [0.717, 1.165) is 4.47 Å². The number of rotatable bonds is 5. The first-order valence-corrected chi connectivity index (χ1v) is 6.12. The molecular formula is C11H15BrN2O3. The number of hydrogen-bond donors (Lipinski definition) is 3. The number of carbonyl (C=O) groups is 2. The number of aromatic amines is 1. The van der Waals surface area contributed by atoms with E-state index < -0.39 is 17.9 Å². The molecule has 1 unspecified atom stereocenters. The van der Waals surface area contributed by atoms with Gasteiger partial charge in [0, 0.05) is 10.7 Å². The first kappa shape index (κ1) is 13.8. The van der Waals surface area contributed by atoms with Crippen LogP contribution in [0.5, 0.6) is 0 Å². The summed E-state index contributed by atoms with van der Waals surface area (Å²) in [6.45, 7) is 3.68. The van der Waals surface area contributed by atoms with Crippen LogP contribution in [0.2, 0.25) is 0 Å². The molecule has 0 aliphatic rings. The summed E-state index contributed by atoms with van der Waals surface area (Å²) in [4.78, 5) is 25.6. The van der Waals surface area contributed by atoms with Crippen LogP contribution in [0.1, 0.15) is 30.8 Å². The second-order valence-electron chi connectivity index (χ2n) is 3.91. The largest absolute Gasteiger partial charge is 0.480 e. The summed E-state index contributed by atoms with van der Waals surface area (Å²) in [5.74, 6) is -1.54. The van der Waals surface area contributed by atoms with Crippen LogP contribution >= 0.6 is 15.9 Å². The van der Waals surface area contributed by atoms with Gasteiger partial charge in [-0.3, -0.25) is 4.79 Å². The number of aromatic nitrogens is 1. The highest BCUT2D eigenvalue weighted by Crippen LogP contribution is 2.12. The van der Waals surface area contributed by atoms with E-state index >= 15 is 0 Å². The topological polar surface area (TPSA) is 82.2 Å². The Labute approximate surface area is 108 Å². The summed E-state index contributed by atoms with van der Waals surface area (Å²) in [7, 11) is 0. The number of nitrogens with one attached hydrogen (secondary N) is 2. The fraction of sp³-hybridized carbons (Fsp3) is 0.455. The third-order valence-electron chi connectivity index (χ3n) is 2.66. The second kappa shape index (κ2) is 5.86. The molecule has 2 atom stereocenters. The molecule has 0 aromatic carbocycles. The number of aliphatic carboxylic acids is 1. The van der Waals surface area contributed by atoms with E-state index in [1.807, 2.05) is 6.92 Å². The highest BCUT2D eigenvalue weighted by atomic mass is 79.9. The zero-order chi connectivity index (χ0) is 13.0. The smallest absolute Gasteiger partial charge is 0.326 e. The first-order valence-electron chi connectivity index (χ1n) is 5.33. The van der Waals surface area contributed by atoms with Gasteiger partial charge in [-0.2, -0.15) is 0 Å². The molecule has 6 heteroatoms. The maximum absolute atomic E-state index is 11.8. The molecule has 1 rings (SSSR count). The Morgan fingerprint density at radius 1 is 1.59 bits per heavy atom. The monoisotopic (exact) mass is 302 g/mol. The fourth-order valence-corrected chi connectivity index (χ4v) is 1.74. The fourth-order valence-electron chi connectivity index (χ4n) is 1.40. The predicted molar refractivity (Wildman–Crippen MR) is 66.8 cm³/mol. The van der Waals surface area contributed by atoms with Crippen LogP contribution in [-0.4, -0.2) is 28.0 Å². The Kier molecular flexibility index (Phi) is 4.74. The summed E-state index contributed by atoms with van der Waals surface area (Å²) in [6, 6.07) is 0.736. The van der Waals surface area contributed by atoms with Gasteiger partial charge < -0.3 is 15.4 Å². The minimum Gasteiger partial charge on any atom is -0.480 e. The average molecular weight is 303 g/mol. The van der Waals surface area contributed by atoms with Crippen LogP contribution in [0.25, 0.3) is 0 Å². The van der Waals surface area contributed by atoms with Crippen molar-refractivity contribution in [3.8, 4) is 0 Å². The molecule has 1 aromatic heterocycles. The van der Waals surface area contributed by atoms with Gasteiger partial charge in [-0.05, 0) is 27.9 Å². The molecule has 5 nitrogen and oxygen atoms in total. The standard InChI is InChI=1S/C11H15BrN2O3/c1-3-6(2)9(11(16)17)14-10(15)8-4-7(12)5-13-8/h4-6,9,13H,3H2,1-2H3,(H,14,15)(H,16,17)/t6?,9-/m0/s1. The molecule has 1 amide bonds. The van der Waals surface area contributed by atoms with Gasteiger partial charge in [0.15, 0.2) is 0 Å². The highest BCUT2D eigenvalue weighted by Gasteiger charge is 2.26. The minimum absolute atomic E-state index is 0.116. The number of halogens is 1. The molecule has 0 radical (unpaired) electrons. The average Bonchev–Trinajstić information content (AvgIpc) is 2.71. The number of hydrogen-bond acceptors (Lipinski definition) is 2. The van der Waals surface area contributed by atoms with Gasteiger partial charge in [0.2, 0.25) is 0 Å². The Bertz CT molecular complexity index is 417. The van der Waals surface area contributed by atoms with Crippen LogP contribution in [0.4, 0.5) is 0 Å². The Morgan fingerprint density at radius 2 is 2.24 bits per heavy atom. The normalized spacial score (nSPS) is 14.1. The molecular weight excluding hydrogens is 288 g/mol. The number of amides is 1. The van der Waals surface area contributed by atoms with Crippen molar-refractivity contribution in [3.63, 3.8) is 0 Å². The molecule has 1 aromatic rings. The maximum Gasteiger partial charge on any atom is 0.326 e. The Morgan fingerprint density at radius 3 is 2.65 bits per heavy atom. The molecule has 17 heavy (non-hydrogen) atoms. The molecule has 0 saturated heterocycles. The van der Waals surface area contributed by atoms with Crippen molar-refractivity contribution in [2.45, 2.75) is 26.3 Å². The van der Waals surface area contributed by atoms with Crippen molar-refractivity contribution in [2.75, 3.05) is 0 Å². The van der Waals surface area contributed by atoms with Crippen LogP contribution in [0.3, 0.4) is 0 Å². The highest BCUT2D eigenvalue weighted by molar-refractivity contribution is 9.10. The van der Waals surface area contributed by atoms with E-state index in [2.05, 4.69) is 26.2 Å². The Balaban J connectivity index is 2.74. The van der Waals surface area contributed by atoms with Gasteiger partial charge in [0.25, 0.3) is 5.91 Å². The van der Waals surface area contributed by atoms with Gasteiger partial charge >= 0.3 is 5.97 Å². The van der Waals surface area contributed by atoms with Crippen LogP contribution in [0, 0.1) is 5.92 Å². The van der Waals surface area contributed by atoms with E-state index in [-0.39, 0.29) is 5.92 Å². The van der Waals surface area contributed by atoms with E-state index in [4.69, 9.17) is 5.11 Å². The lowest BCUT2D eigenvalue weighted by molar-refractivity contribution is -0.140. The summed E-state index contributed by atoms with van der Waals surface area (Å²) in [5.41, 5.74) is 0.339. The molecule has 0 bridgehead atoms. The van der Waals surface area contributed by atoms with Crippen LogP contribution in [-0.2, 0) is 4.79 Å². The molecule has 0 saturated carbocycles. The zero-order valence-corrected chi connectivity index (χ0v) is 11.2. The molecule has 3 N–H and O–H groups in total. The van der Waals surface area contributed by atoms with Crippen molar-refractivity contribution in [3.05, 3.63) is 22.4 Å². The maximum atomic E-state index is 11.8. The molecule has 0 aliphatic heterocycles. The van der Waals surface area contributed by atoms with Crippen molar-refractivity contribution in [1.29, 1.82) is 0 Å². The number of carbonyl (C=O) groups excluding carboxylic acids is 1. The summed E-state index contributed by atoms with van der Waals surface area (Å²) in [6.07, 6.45) is 2.31. The number of carboxylic acids is 1. The third kappa shape index (κ3) is 3.59. The van der Waals surface area contributed by atoms with E-state index in [1.165, 1.54) is 0 Å². The SMILES string of the molecule is CCC(C)[C@H](NC(=O)c1cc(Br)c[nH]1)C(=O)O. The summed E-state index contributed by atoms with van der Waals surface area (Å²) in [5, 5.41) is 11.5. The lowest BCUT2D eigenvalue weighted by atomic mass is 9.99. The van der Waals surface area contributed by atoms with Crippen LogP contribution < -0.4 is 5.32 Å². The van der Waals surface area contributed by atoms with E-state index in [1.54, 1.807) is 19.2 Å². The molecule has 94 valence electrons. The van der Waals surface area contributed by atoms with Gasteiger partial charge in [-0.1, -0.05) is 20.3 Å². The van der Waals surface area contributed by atoms with Gasteiger partial charge in [-0.25, -0.2) is 4.79 Å². The van der Waals surface area contributed by atoms with E-state index in [9.17, 15) is 9.59 Å². The lowest BCUT2D eigenvalue weighted by Gasteiger charge is -2.19. The van der Waals surface area contributed by atoms with Crippen molar-refractivity contribution >= 4 is 27.8 Å². The minimum atomic E-state index is -1.02. The van der Waals surface area contributed by atoms with Gasteiger partial charge in [0.1, 0.15) is 11.7 Å². The van der Waals surface area contributed by atoms with Crippen molar-refractivity contribution < 1.29 is 14.7 Å². The molecule has 0 spiro atoms. The van der Waals surface area contributed by atoms with Gasteiger partial charge in [-0.15, -0.1) is 0 Å². The number of H-pyrrole nitrogens is 1. The van der Waals surface area contributed by atoms with Gasteiger partial charge in [0.05, 0.1) is 0 Å². The zero-order valence-electron chi connectivity index (χ0n) is 9.66. The predicted octanol–water partition coefficient (Wildman–Crippen LogP) is 2.01. The third-order valence-corrected chi connectivity index (χ3v) is 3.12. The summed E-state index contributed by atoms with van der Waals surface area (Å²) < 4.78 is 0.748. The lowest BCUT2D eigenvalue weighted by Crippen LogP contribution is -2.45. The Hall–Kier alpha value is -1.30. The molecule has 1 heterocycles. The second-order valence-corrected chi connectivity index (χ2v) is 4.82. The molecule has 0 fully saturated rings. The molecule has 0 aliphatic carbocycles. The van der Waals surface area contributed by atoms with Crippen molar-refractivity contribution in [1.82, 2.24) is 10.3 Å². The summed E-state index contributed by atoms with van der Waals surface area (Å²) >= 11 is 3.21. The van der Waals surface area contributed by atoms with Crippen molar-refractivity contribution in [2.24, 2.45) is 5.92 Å². The van der Waals surface area contributed by atoms with Crippen LogP contribution in [0.15, 0.2) is 16.7 Å². The quantitative estimate of drug-likeness (QED) is 0.778. The number of carboxylic acid groups (broad SMARTS) is 1. The van der Waals surface area contributed by atoms with E-state index in [0.29, 0.717) is 12.1 Å². The first-order chi connectivity index (χ1) is 7.95.